The highest BCUT2D eigenvalue weighted by Crippen LogP contribution is 2.29. The van der Waals surface area contributed by atoms with E-state index in [4.69, 9.17) is 0 Å². The van der Waals surface area contributed by atoms with Gasteiger partial charge in [0.2, 0.25) is 0 Å². The Balaban J connectivity index is 2.30. The summed E-state index contributed by atoms with van der Waals surface area (Å²) in [6.45, 7) is 2.08. The Labute approximate surface area is 90.0 Å². The Morgan fingerprint density at radius 3 is 2.93 bits per heavy atom. The summed E-state index contributed by atoms with van der Waals surface area (Å²) in [7, 11) is 0. The maximum Gasteiger partial charge on any atom is 0.181 e. The van der Waals surface area contributed by atoms with E-state index in [9.17, 15) is 0 Å². The van der Waals surface area contributed by atoms with Gasteiger partial charge in [0.1, 0.15) is 17.5 Å². The second-order valence-corrected chi connectivity index (χ2v) is 4.52. The van der Waals surface area contributed by atoms with E-state index in [1.807, 2.05) is 0 Å². The van der Waals surface area contributed by atoms with Gasteiger partial charge in [-0.25, -0.2) is 15.0 Å². The molecule has 0 atom stereocenters. The van der Waals surface area contributed by atoms with Gasteiger partial charge in [-0.15, -0.1) is 11.3 Å². The van der Waals surface area contributed by atoms with Gasteiger partial charge >= 0.3 is 0 Å². The largest absolute Gasteiger partial charge is 0.341 e. The van der Waals surface area contributed by atoms with Crippen molar-refractivity contribution >= 4 is 22.5 Å². The van der Waals surface area contributed by atoms with Crippen molar-refractivity contribution in [2.24, 2.45) is 0 Å². The SMILES string of the molecule is Cc1ccc(-c2ncnc3nc[nH]c23)s1. The molecule has 0 unspecified atom stereocenters. The van der Waals surface area contributed by atoms with E-state index in [2.05, 4.69) is 39.0 Å². The van der Waals surface area contributed by atoms with Gasteiger partial charge in [0.15, 0.2) is 5.65 Å². The highest BCUT2D eigenvalue weighted by molar-refractivity contribution is 7.15. The number of thiophene rings is 1. The van der Waals surface area contributed by atoms with Crippen molar-refractivity contribution in [1.82, 2.24) is 19.9 Å². The molecule has 0 amide bonds. The molecule has 1 N–H and O–H groups in total. The molecule has 0 aliphatic rings. The summed E-state index contributed by atoms with van der Waals surface area (Å²) < 4.78 is 0. The fourth-order valence-electron chi connectivity index (χ4n) is 1.51. The molecule has 0 aliphatic carbocycles. The summed E-state index contributed by atoms with van der Waals surface area (Å²) in [5.41, 5.74) is 2.54. The van der Waals surface area contributed by atoms with Crippen LogP contribution in [-0.2, 0) is 0 Å². The smallest absolute Gasteiger partial charge is 0.181 e. The molecule has 0 saturated carbocycles. The number of aromatic amines is 1. The molecule has 0 saturated heterocycles. The van der Waals surface area contributed by atoms with Crippen LogP contribution in [-0.4, -0.2) is 19.9 Å². The normalized spacial score (nSPS) is 11.0. The lowest BCUT2D eigenvalue weighted by Gasteiger charge is -1.96. The topological polar surface area (TPSA) is 54.5 Å². The molecule has 3 heterocycles. The van der Waals surface area contributed by atoms with Gasteiger partial charge < -0.3 is 4.98 Å². The summed E-state index contributed by atoms with van der Waals surface area (Å²) >= 11 is 1.72. The number of H-pyrrole nitrogens is 1. The van der Waals surface area contributed by atoms with E-state index in [0.717, 1.165) is 16.1 Å². The Kier molecular flexibility index (Phi) is 1.78. The third-order valence-electron chi connectivity index (χ3n) is 2.20. The van der Waals surface area contributed by atoms with Crippen LogP contribution in [0.25, 0.3) is 21.7 Å². The maximum absolute atomic E-state index is 4.29. The molecule has 3 aromatic heterocycles. The molecular weight excluding hydrogens is 208 g/mol. The van der Waals surface area contributed by atoms with Gasteiger partial charge in [0.25, 0.3) is 0 Å². The standard InChI is InChI=1S/C10H8N4S/c1-6-2-3-7(15-6)8-9-10(13-4-11-8)14-5-12-9/h2-5H,1H3,(H,11,12,13,14). The van der Waals surface area contributed by atoms with Crippen LogP contribution in [0.3, 0.4) is 0 Å². The van der Waals surface area contributed by atoms with Crippen LogP contribution in [0, 0.1) is 6.92 Å². The molecule has 5 heteroatoms. The van der Waals surface area contributed by atoms with E-state index in [-0.39, 0.29) is 0 Å². The summed E-state index contributed by atoms with van der Waals surface area (Å²) in [4.78, 5) is 18.0. The van der Waals surface area contributed by atoms with Crippen molar-refractivity contribution in [3.05, 3.63) is 29.7 Å². The Bertz CT molecular complexity index is 610. The monoisotopic (exact) mass is 216 g/mol. The first-order chi connectivity index (χ1) is 7.34. The van der Waals surface area contributed by atoms with Gasteiger partial charge in [-0.05, 0) is 19.1 Å². The van der Waals surface area contributed by atoms with Crippen LogP contribution in [0.15, 0.2) is 24.8 Å². The molecule has 4 nitrogen and oxygen atoms in total. The van der Waals surface area contributed by atoms with Crippen molar-refractivity contribution in [2.45, 2.75) is 6.92 Å². The number of rotatable bonds is 1. The number of nitrogens with one attached hydrogen (secondary N) is 1. The molecule has 3 aromatic rings. The first-order valence-corrected chi connectivity index (χ1v) is 5.37. The van der Waals surface area contributed by atoms with Crippen LogP contribution in [0.4, 0.5) is 0 Å². The van der Waals surface area contributed by atoms with E-state index in [1.165, 1.54) is 4.88 Å². The van der Waals surface area contributed by atoms with E-state index in [0.29, 0.717) is 5.65 Å². The summed E-state index contributed by atoms with van der Waals surface area (Å²) in [5.74, 6) is 0. The molecule has 0 fully saturated rings. The Morgan fingerprint density at radius 2 is 2.13 bits per heavy atom. The van der Waals surface area contributed by atoms with Crippen LogP contribution < -0.4 is 0 Å². The predicted octanol–water partition coefficient (Wildman–Crippen LogP) is 2.39. The number of aryl methyl sites for hydroxylation is 1. The van der Waals surface area contributed by atoms with Crippen molar-refractivity contribution in [1.29, 1.82) is 0 Å². The number of imidazole rings is 1. The van der Waals surface area contributed by atoms with Gasteiger partial charge in [-0.3, -0.25) is 0 Å². The molecule has 0 spiro atoms. The second kappa shape index (κ2) is 3.13. The molecule has 0 aliphatic heterocycles. The van der Waals surface area contributed by atoms with Crippen LogP contribution >= 0.6 is 11.3 Å². The number of hydrogen-bond donors (Lipinski definition) is 1. The first-order valence-electron chi connectivity index (χ1n) is 4.55. The Morgan fingerprint density at radius 1 is 1.20 bits per heavy atom. The highest BCUT2D eigenvalue weighted by Gasteiger charge is 2.09. The molecule has 0 radical (unpaired) electrons. The van der Waals surface area contributed by atoms with Crippen LogP contribution in [0.5, 0.6) is 0 Å². The summed E-state index contributed by atoms with van der Waals surface area (Å²) in [6.07, 6.45) is 3.19. The Hall–Kier alpha value is -1.75. The molecule has 3 rings (SSSR count). The summed E-state index contributed by atoms with van der Waals surface area (Å²) in [5, 5.41) is 0. The third kappa shape index (κ3) is 1.32. The first kappa shape index (κ1) is 8.55. The zero-order chi connectivity index (χ0) is 10.3. The van der Waals surface area contributed by atoms with Crippen molar-refractivity contribution in [3.8, 4) is 10.6 Å². The van der Waals surface area contributed by atoms with Crippen molar-refractivity contribution in [3.63, 3.8) is 0 Å². The van der Waals surface area contributed by atoms with E-state index >= 15 is 0 Å². The fourth-order valence-corrected chi connectivity index (χ4v) is 2.38. The van der Waals surface area contributed by atoms with Gasteiger partial charge in [-0.2, -0.15) is 0 Å². The zero-order valence-corrected chi connectivity index (χ0v) is 8.88. The second-order valence-electron chi connectivity index (χ2n) is 3.23. The molecule has 0 aromatic carbocycles. The maximum atomic E-state index is 4.29. The van der Waals surface area contributed by atoms with Crippen molar-refractivity contribution in [2.75, 3.05) is 0 Å². The van der Waals surface area contributed by atoms with E-state index < -0.39 is 0 Å². The number of hydrogen-bond acceptors (Lipinski definition) is 4. The molecular formula is C10H8N4S. The average molecular weight is 216 g/mol. The lowest BCUT2D eigenvalue weighted by atomic mass is 10.3. The average Bonchev–Trinajstić information content (AvgIpc) is 2.84. The van der Waals surface area contributed by atoms with Crippen LogP contribution in [0.2, 0.25) is 0 Å². The minimum absolute atomic E-state index is 0.714. The minimum atomic E-state index is 0.714. The fraction of sp³-hybridized carbons (Fsp3) is 0.100. The van der Waals surface area contributed by atoms with E-state index in [1.54, 1.807) is 24.0 Å². The number of nitrogens with zero attached hydrogens (tertiary/aromatic N) is 3. The lowest BCUT2D eigenvalue weighted by molar-refractivity contribution is 1.21. The number of aromatic nitrogens is 4. The van der Waals surface area contributed by atoms with Gasteiger partial charge in [0.05, 0.1) is 11.2 Å². The third-order valence-corrected chi connectivity index (χ3v) is 3.20. The van der Waals surface area contributed by atoms with Crippen LogP contribution in [0.1, 0.15) is 4.88 Å². The highest BCUT2D eigenvalue weighted by atomic mass is 32.1. The predicted molar refractivity (Wildman–Crippen MR) is 59.7 cm³/mol. The summed E-state index contributed by atoms with van der Waals surface area (Å²) in [6, 6.07) is 4.16. The molecule has 15 heavy (non-hydrogen) atoms. The molecule has 74 valence electrons. The zero-order valence-electron chi connectivity index (χ0n) is 8.06. The lowest BCUT2D eigenvalue weighted by Crippen LogP contribution is -1.85. The van der Waals surface area contributed by atoms with Crippen molar-refractivity contribution < 1.29 is 0 Å². The quantitative estimate of drug-likeness (QED) is 0.679. The minimum Gasteiger partial charge on any atom is -0.341 e. The molecule has 0 bridgehead atoms. The van der Waals surface area contributed by atoms with Gasteiger partial charge in [0, 0.05) is 4.88 Å². The number of fused-ring (bicyclic) bond motifs is 1. The van der Waals surface area contributed by atoms with Gasteiger partial charge in [-0.1, -0.05) is 0 Å².